The summed E-state index contributed by atoms with van der Waals surface area (Å²) in [4.78, 5) is 12.2. The standard InChI is InChI=1S/C14H20N2O3/c1-3-15-13-9-19-8-12(13)14(17)16-10-5-4-6-11(7-10)18-2/h4-7,12-13,15H,3,8-9H2,1-2H3,(H,16,17). The number of carbonyl (C=O) groups excluding carboxylic acids is 1. The van der Waals surface area contributed by atoms with Gasteiger partial charge in [-0.15, -0.1) is 0 Å². The van der Waals surface area contributed by atoms with Gasteiger partial charge in [0.15, 0.2) is 0 Å². The molecule has 1 heterocycles. The number of amides is 1. The lowest BCUT2D eigenvalue weighted by molar-refractivity contribution is -0.120. The van der Waals surface area contributed by atoms with Crippen molar-refractivity contribution < 1.29 is 14.3 Å². The molecule has 2 N–H and O–H groups in total. The highest BCUT2D eigenvalue weighted by Crippen LogP contribution is 2.20. The molecule has 5 nitrogen and oxygen atoms in total. The van der Waals surface area contributed by atoms with Gasteiger partial charge in [-0.3, -0.25) is 4.79 Å². The molecule has 0 spiro atoms. The van der Waals surface area contributed by atoms with Crippen molar-refractivity contribution in [1.29, 1.82) is 0 Å². The van der Waals surface area contributed by atoms with Crippen LogP contribution in [0, 0.1) is 5.92 Å². The van der Waals surface area contributed by atoms with Crippen molar-refractivity contribution in [3.05, 3.63) is 24.3 Å². The summed E-state index contributed by atoms with van der Waals surface area (Å²) in [5.74, 6) is 0.562. The highest BCUT2D eigenvalue weighted by atomic mass is 16.5. The molecule has 19 heavy (non-hydrogen) atoms. The zero-order valence-electron chi connectivity index (χ0n) is 11.3. The topological polar surface area (TPSA) is 59.6 Å². The van der Waals surface area contributed by atoms with Gasteiger partial charge >= 0.3 is 0 Å². The molecule has 1 aliphatic rings. The number of likely N-dealkylation sites (N-methyl/N-ethyl adjacent to an activating group) is 1. The number of anilines is 1. The van der Waals surface area contributed by atoms with Gasteiger partial charge < -0.3 is 20.1 Å². The van der Waals surface area contributed by atoms with E-state index in [1.54, 1.807) is 13.2 Å². The summed E-state index contributed by atoms with van der Waals surface area (Å²) in [7, 11) is 1.60. The number of nitrogens with one attached hydrogen (secondary N) is 2. The highest BCUT2D eigenvalue weighted by Gasteiger charge is 2.33. The van der Waals surface area contributed by atoms with Crippen LogP contribution in [0.15, 0.2) is 24.3 Å². The number of benzene rings is 1. The first-order valence-electron chi connectivity index (χ1n) is 6.50. The molecule has 2 rings (SSSR count). The summed E-state index contributed by atoms with van der Waals surface area (Å²) in [6, 6.07) is 7.43. The first kappa shape index (κ1) is 13.8. The molecule has 1 fully saturated rings. The van der Waals surface area contributed by atoms with E-state index in [0.717, 1.165) is 18.0 Å². The molecule has 5 heteroatoms. The number of carbonyl (C=O) groups is 1. The van der Waals surface area contributed by atoms with Crippen molar-refractivity contribution in [1.82, 2.24) is 5.32 Å². The molecule has 1 saturated heterocycles. The summed E-state index contributed by atoms with van der Waals surface area (Å²) in [6.07, 6.45) is 0. The number of ether oxygens (including phenoxy) is 2. The van der Waals surface area contributed by atoms with Crippen LogP contribution >= 0.6 is 0 Å². The fraction of sp³-hybridized carbons (Fsp3) is 0.500. The van der Waals surface area contributed by atoms with Crippen LogP contribution in [0.1, 0.15) is 6.92 Å². The van der Waals surface area contributed by atoms with Crippen molar-refractivity contribution in [2.24, 2.45) is 5.92 Å². The molecule has 0 aliphatic carbocycles. The largest absolute Gasteiger partial charge is 0.497 e. The van der Waals surface area contributed by atoms with E-state index in [9.17, 15) is 4.79 Å². The van der Waals surface area contributed by atoms with Gasteiger partial charge in [0.05, 0.1) is 26.2 Å². The fourth-order valence-corrected chi connectivity index (χ4v) is 2.21. The third-order valence-corrected chi connectivity index (χ3v) is 3.22. The normalized spacial score (nSPS) is 22.2. The third kappa shape index (κ3) is 3.45. The maximum atomic E-state index is 12.2. The van der Waals surface area contributed by atoms with E-state index in [1.165, 1.54) is 0 Å². The number of methoxy groups -OCH3 is 1. The molecule has 1 aliphatic heterocycles. The molecule has 0 saturated carbocycles. The first-order valence-corrected chi connectivity index (χ1v) is 6.50. The van der Waals surface area contributed by atoms with Gasteiger partial charge in [0, 0.05) is 17.8 Å². The van der Waals surface area contributed by atoms with Crippen molar-refractivity contribution in [3.63, 3.8) is 0 Å². The zero-order valence-corrected chi connectivity index (χ0v) is 11.3. The highest BCUT2D eigenvalue weighted by molar-refractivity contribution is 5.93. The Morgan fingerprint density at radius 2 is 2.32 bits per heavy atom. The van der Waals surface area contributed by atoms with E-state index in [0.29, 0.717) is 13.2 Å². The van der Waals surface area contributed by atoms with E-state index in [4.69, 9.17) is 9.47 Å². The average molecular weight is 264 g/mol. The lowest BCUT2D eigenvalue weighted by Gasteiger charge is -2.18. The Kier molecular flexibility index (Phi) is 4.76. The minimum Gasteiger partial charge on any atom is -0.497 e. The Bertz CT molecular complexity index is 436. The van der Waals surface area contributed by atoms with E-state index in [2.05, 4.69) is 10.6 Å². The van der Waals surface area contributed by atoms with Gasteiger partial charge in [0.1, 0.15) is 5.75 Å². The maximum absolute atomic E-state index is 12.2. The molecule has 104 valence electrons. The second-order valence-corrected chi connectivity index (χ2v) is 4.53. The fourth-order valence-electron chi connectivity index (χ4n) is 2.21. The van der Waals surface area contributed by atoms with Crippen molar-refractivity contribution in [2.75, 3.05) is 32.2 Å². The summed E-state index contributed by atoms with van der Waals surface area (Å²) in [5.41, 5.74) is 0.742. The van der Waals surface area contributed by atoms with E-state index in [-0.39, 0.29) is 17.9 Å². The lowest BCUT2D eigenvalue weighted by atomic mass is 10.0. The van der Waals surface area contributed by atoms with Crippen LogP contribution in [0.5, 0.6) is 5.75 Å². The monoisotopic (exact) mass is 264 g/mol. The SMILES string of the molecule is CCNC1COCC1C(=O)Nc1cccc(OC)c1. The van der Waals surface area contributed by atoms with Crippen LogP contribution in [0.3, 0.4) is 0 Å². The minimum atomic E-state index is -0.147. The Labute approximate surface area is 113 Å². The second kappa shape index (κ2) is 6.54. The van der Waals surface area contributed by atoms with Gasteiger partial charge in [-0.25, -0.2) is 0 Å². The Balaban J connectivity index is 1.99. The predicted octanol–water partition coefficient (Wildman–Crippen LogP) is 1.26. The molecular weight excluding hydrogens is 244 g/mol. The zero-order chi connectivity index (χ0) is 13.7. The van der Waals surface area contributed by atoms with Gasteiger partial charge in [-0.1, -0.05) is 13.0 Å². The molecule has 1 aromatic rings. The van der Waals surface area contributed by atoms with Gasteiger partial charge in [0.2, 0.25) is 5.91 Å². The van der Waals surface area contributed by atoms with Crippen LogP contribution in [0.2, 0.25) is 0 Å². The molecule has 0 bridgehead atoms. The molecule has 1 aromatic carbocycles. The molecule has 2 unspecified atom stereocenters. The second-order valence-electron chi connectivity index (χ2n) is 4.53. The van der Waals surface area contributed by atoms with Crippen LogP contribution in [-0.2, 0) is 9.53 Å². The Morgan fingerprint density at radius 1 is 1.47 bits per heavy atom. The van der Waals surface area contributed by atoms with Crippen LogP contribution < -0.4 is 15.4 Å². The molecule has 1 amide bonds. The van der Waals surface area contributed by atoms with Crippen molar-refractivity contribution in [2.45, 2.75) is 13.0 Å². The molecule has 2 atom stereocenters. The predicted molar refractivity (Wildman–Crippen MR) is 73.4 cm³/mol. The lowest BCUT2D eigenvalue weighted by Crippen LogP contribution is -2.41. The maximum Gasteiger partial charge on any atom is 0.231 e. The summed E-state index contributed by atoms with van der Waals surface area (Å²) in [6.45, 7) is 3.91. The summed E-state index contributed by atoms with van der Waals surface area (Å²) >= 11 is 0. The Morgan fingerprint density at radius 3 is 3.05 bits per heavy atom. The van der Waals surface area contributed by atoms with E-state index >= 15 is 0 Å². The number of rotatable bonds is 5. The third-order valence-electron chi connectivity index (χ3n) is 3.22. The van der Waals surface area contributed by atoms with Gasteiger partial charge in [-0.05, 0) is 18.7 Å². The minimum absolute atomic E-state index is 0.0169. The first-order chi connectivity index (χ1) is 9.24. The molecule has 0 radical (unpaired) electrons. The van der Waals surface area contributed by atoms with Crippen molar-refractivity contribution >= 4 is 11.6 Å². The van der Waals surface area contributed by atoms with Gasteiger partial charge in [0.25, 0.3) is 0 Å². The van der Waals surface area contributed by atoms with E-state index < -0.39 is 0 Å². The van der Waals surface area contributed by atoms with Gasteiger partial charge in [-0.2, -0.15) is 0 Å². The number of hydrogen-bond acceptors (Lipinski definition) is 4. The van der Waals surface area contributed by atoms with Crippen LogP contribution in [0.4, 0.5) is 5.69 Å². The average Bonchev–Trinajstić information content (AvgIpc) is 2.88. The van der Waals surface area contributed by atoms with Crippen LogP contribution in [0.25, 0.3) is 0 Å². The van der Waals surface area contributed by atoms with Crippen LogP contribution in [-0.4, -0.2) is 38.8 Å². The molecule has 0 aromatic heterocycles. The summed E-state index contributed by atoms with van der Waals surface area (Å²) in [5, 5.41) is 6.18. The smallest absolute Gasteiger partial charge is 0.231 e. The molecular formula is C14H20N2O3. The Hall–Kier alpha value is -1.59. The van der Waals surface area contributed by atoms with Crippen molar-refractivity contribution in [3.8, 4) is 5.75 Å². The van der Waals surface area contributed by atoms with E-state index in [1.807, 2.05) is 25.1 Å². The summed E-state index contributed by atoms with van der Waals surface area (Å²) < 4.78 is 10.5. The quantitative estimate of drug-likeness (QED) is 0.840. The number of hydrogen-bond donors (Lipinski definition) is 2.